The maximum absolute atomic E-state index is 12.4. The normalized spacial score (nSPS) is 16.2. The highest BCUT2D eigenvalue weighted by Crippen LogP contribution is 2.17. The third-order valence-corrected chi connectivity index (χ3v) is 4.77. The fourth-order valence-electron chi connectivity index (χ4n) is 3.28. The van der Waals surface area contributed by atoms with Gasteiger partial charge in [-0.05, 0) is 48.7 Å². The highest BCUT2D eigenvalue weighted by Gasteiger charge is 2.19. The minimum atomic E-state index is -0.164. The summed E-state index contributed by atoms with van der Waals surface area (Å²) in [5.41, 5.74) is 3.06. The van der Waals surface area contributed by atoms with E-state index < -0.39 is 0 Å². The summed E-state index contributed by atoms with van der Waals surface area (Å²) in [6, 6.07) is 10.7. The van der Waals surface area contributed by atoms with Crippen molar-refractivity contribution < 1.29 is 14.3 Å². The van der Waals surface area contributed by atoms with Crippen LogP contribution < -0.4 is 10.6 Å². The Kier molecular flexibility index (Phi) is 5.34. The molecule has 3 heterocycles. The minimum Gasteiger partial charge on any atom is -0.378 e. The molecule has 0 radical (unpaired) electrons. The summed E-state index contributed by atoms with van der Waals surface area (Å²) < 4.78 is 7.39. The topological polar surface area (TPSA) is 84.7 Å². The number of pyridine rings is 1. The second-order valence-corrected chi connectivity index (χ2v) is 6.88. The highest BCUT2D eigenvalue weighted by atomic mass is 16.5. The van der Waals surface area contributed by atoms with Crippen LogP contribution in [0.4, 0.5) is 5.69 Å². The second kappa shape index (κ2) is 8.22. The Bertz CT molecular complexity index is 975. The van der Waals surface area contributed by atoms with Crippen LogP contribution >= 0.6 is 0 Å². The zero-order valence-electron chi connectivity index (χ0n) is 15.4. The standard InChI is InChI=1S/C21H22N4O3/c26-20(12-18-2-1-11-28-18)24-17-6-4-16(5-7-17)21(27)23-13-15-3-8-19-22-9-10-25(19)14-15/h3-10,14,18H,1-2,11-13H2,(H,23,27)(H,24,26). The number of benzene rings is 1. The lowest BCUT2D eigenvalue weighted by molar-refractivity contribution is -0.118. The van der Waals surface area contributed by atoms with Crippen LogP contribution in [0.25, 0.3) is 5.65 Å². The van der Waals surface area contributed by atoms with E-state index in [0.29, 0.717) is 24.2 Å². The molecule has 1 aliphatic heterocycles. The molecular formula is C21H22N4O3. The van der Waals surface area contributed by atoms with E-state index in [-0.39, 0.29) is 17.9 Å². The van der Waals surface area contributed by atoms with Gasteiger partial charge in [0.2, 0.25) is 5.91 Å². The largest absolute Gasteiger partial charge is 0.378 e. The van der Waals surface area contributed by atoms with Gasteiger partial charge in [0.1, 0.15) is 5.65 Å². The van der Waals surface area contributed by atoms with Gasteiger partial charge in [0.15, 0.2) is 0 Å². The molecule has 0 aliphatic carbocycles. The van der Waals surface area contributed by atoms with Gasteiger partial charge in [-0.3, -0.25) is 9.59 Å². The van der Waals surface area contributed by atoms with Crippen molar-refractivity contribution in [2.24, 2.45) is 0 Å². The Morgan fingerprint density at radius 2 is 2.04 bits per heavy atom. The van der Waals surface area contributed by atoms with Crippen LogP contribution in [0.15, 0.2) is 55.0 Å². The third kappa shape index (κ3) is 4.37. The van der Waals surface area contributed by atoms with Gasteiger partial charge in [-0.1, -0.05) is 6.07 Å². The molecule has 7 heteroatoms. The number of rotatable bonds is 6. The SMILES string of the molecule is O=C(CC1CCCO1)Nc1ccc(C(=O)NCc2ccc3nccn3c2)cc1. The monoisotopic (exact) mass is 378 g/mol. The number of carbonyl (C=O) groups is 2. The molecule has 1 atom stereocenters. The first-order valence-electron chi connectivity index (χ1n) is 9.39. The van der Waals surface area contributed by atoms with Crippen LogP contribution in [-0.2, 0) is 16.1 Å². The lowest BCUT2D eigenvalue weighted by atomic mass is 10.1. The molecule has 2 aromatic heterocycles. The Morgan fingerprint density at radius 3 is 2.82 bits per heavy atom. The average Bonchev–Trinajstić information content (AvgIpc) is 3.38. The van der Waals surface area contributed by atoms with Gasteiger partial charge < -0.3 is 19.8 Å². The first-order valence-corrected chi connectivity index (χ1v) is 9.39. The Labute approximate surface area is 162 Å². The van der Waals surface area contributed by atoms with E-state index >= 15 is 0 Å². The zero-order chi connectivity index (χ0) is 19.3. The number of ether oxygens (including phenoxy) is 1. The number of aromatic nitrogens is 2. The van der Waals surface area contributed by atoms with Crippen LogP contribution in [0.3, 0.4) is 0 Å². The maximum atomic E-state index is 12.4. The van der Waals surface area contributed by atoms with Crippen molar-refractivity contribution >= 4 is 23.1 Å². The van der Waals surface area contributed by atoms with Crippen molar-refractivity contribution in [3.8, 4) is 0 Å². The number of nitrogens with one attached hydrogen (secondary N) is 2. The van der Waals surface area contributed by atoms with E-state index in [2.05, 4.69) is 15.6 Å². The fraction of sp³-hybridized carbons (Fsp3) is 0.286. The number of anilines is 1. The molecular weight excluding hydrogens is 356 g/mol. The first kappa shape index (κ1) is 18.2. The molecule has 4 rings (SSSR count). The van der Waals surface area contributed by atoms with Crippen molar-refractivity contribution in [3.63, 3.8) is 0 Å². The third-order valence-electron chi connectivity index (χ3n) is 4.77. The van der Waals surface area contributed by atoms with Gasteiger partial charge in [0.05, 0.1) is 12.5 Å². The van der Waals surface area contributed by atoms with Gasteiger partial charge in [-0.25, -0.2) is 4.98 Å². The molecule has 2 amide bonds. The fourth-order valence-corrected chi connectivity index (χ4v) is 3.28. The smallest absolute Gasteiger partial charge is 0.251 e. The summed E-state index contributed by atoms with van der Waals surface area (Å²) in [4.78, 5) is 28.6. The van der Waals surface area contributed by atoms with Crippen molar-refractivity contribution in [3.05, 3.63) is 66.1 Å². The van der Waals surface area contributed by atoms with Crippen LogP contribution in [-0.4, -0.2) is 33.9 Å². The van der Waals surface area contributed by atoms with Crippen molar-refractivity contribution in [2.75, 3.05) is 11.9 Å². The van der Waals surface area contributed by atoms with Crippen LogP contribution in [0.1, 0.15) is 35.2 Å². The van der Waals surface area contributed by atoms with Crippen molar-refractivity contribution in [2.45, 2.75) is 31.9 Å². The predicted octanol–water partition coefficient (Wildman–Crippen LogP) is 2.77. The second-order valence-electron chi connectivity index (χ2n) is 6.88. The summed E-state index contributed by atoms with van der Waals surface area (Å²) in [6.45, 7) is 1.16. The minimum absolute atomic E-state index is 0.0200. The molecule has 3 aromatic rings. The lowest BCUT2D eigenvalue weighted by Gasteiger charge is -2.10. The number of carbonyl (C=O) groups excluding carboxylic acids is 2. The first-order chi connectivity index (χ1) is 13.7. The molecule has 144 valence electrons. The van der Waals surface area contributed by atoms with E-state index in [1.807, 2.05) is 28.9 Å². The Hall–Kier alpha value is -3.19. The van der Waals surface area contributed by atoms with E-state index in [4.69, 9.17) is 4.74 Å². The molecule has 0 bridgehead atoms. The zero-order valence-corrected chi connectivity index (χ0v) is 15.4. The molecule has 1 fully saturated rings. The molecule has 1 unspecified atom stereocenters. The summed E-state index contributed by atoms with van der Waals surface area (Å²) in [7, 11) is 0. The molecule has 0 saturated carbocycles. The van der Waals surface area contributed by atoms with E-state index in [1.165, 1.54) is 0 Å². The van der Waals surface area contributed by atoms with E-state index in [9.17, 15) is 9.59 Å². The summed E-state index contributed by atoms with van der Waals surface area (Å²) in [5.74, 6) is -0.234. The van der Waals surface area contributed by atoms with Crippen LogP contribution in [0.5, 0.6) is 0 Å². The number of hydrogen-bond donors (Lipinski definition) is 2. The number of hydrogen-bond acceptors (Lipinski definition) is 4. The number of fused-ring (bicyclic) bond motifs is 1. The molecule has 28 heavy (non-hydrogen) atoms. The number of amides is 2. The summed E-state index contributed by atoms with van der Waals surface area (Å²) in [6.07, 6.45) is 7.87. The van der Waals surface area contributed by atoms with Gasteiger partial charge >= 0.3 is 0 Å². The number of imidazole rings is 1. The van der Waals surface area contributed by atoms with Crippen molar-refractivity contribution in [1.29, 1.82) is 0 Å². The van der Waals surface area contributed by atoms with Crippen molar-refractivity contribution in [1.82, 2.24) is 14.7 Å². The highest BCUT2D eigenvalue weighted by molar-refractivity contribution is 5.95. The molecule has 1 aromatic carbocycles. The maximum Gasteiger partial charge on any atom is 0.251 e. The number of nitrogens with zero attached hydrogens (tertiary/aromatic N) is 2. The van der Waals surface area contributed by atoms with Gasteiger partial charge in [0, 0.05) is 43.0 Å². The van der Waals surface area contributed by atoms with Crippen LogP contribution in [0.2, 0.25) is 0 Å². The molecule has 1 saturated heterocycles. The van der Waals surface area contributed by atoms with Gasteiger partial charge in [0.25, 0.3) is 5.91 Å². The van der Waals surface area contributed by atoms with E-state index in [0.717, 1.165) is 30.7 Å². The summed E-state index contributed by atoms with van der Waals surface area (Å²) in [5, 5.41) is 5.75. The average molecular weight is 378 g/mol. The Balaban J connectivity index is 1.29. The molecule has 0 spiro atoms. The van der Waals surface area contributed by atoms with Gasteiger partial charge in [-0.2, -0.15) is 0 Å². The molecule has 2 N–H and O–H groups in total. The van der Waals surface area contributed by atoms with Gasteiger partial charge in [-0.15, -0.1) is 0 Å². The van der Waals surface area contributed by atoms with Crippen LogP contribution in [0, 0.1) is 0 Å². The quantitative estimate of drug-likeness (QED) is 0.691. The Morgan fingerprint density at radius 1 is 1.18 bits per heavy atom. The predicted molar refractivity (Wildman–Crippen MR) is 105 cm³/mol. The summed E-state index contributed by atoms with van der Waals surface area (Å²) >= 11 is 0. The lowest BCUT2D eigenvalue weighted by Crippen LogP contribution is -2.23. The van der Waals surface area contributed by atoms with E-state index in [1.54, 1.807) is 30.5 Å². The molecule has 7 nitrogen and oxygen atoms in total. The molecule has 1 aliphatic rings.